The molecule has 0 saturated carbocycles. The Hall–Kier alpha value is -1.06. The normalized spacial score (nSPS) is 11.4. The average Bonchev–Trinajstić information content (AvgIpc) is 2.48. The number of rotatable bonds is 8. The van der Waals surface area contributed by atoms with Crippen LogP contribution in [0.5, 0.6) is 0 Å². The quantitative estimate of drug-likeness (QED) is 0.771. The van der Waals surface area contributed by atoms with Crippen molar-refractivity contribution < 1.29 is 4.79 Å². The van der Waals surface area contributed by atoms with Crippen LogP contribution in [-0.2, 0) is 10.3 Å². The van der Waals surface area contributed by atoms with Crippen LogP contribution in [0, 0.1) is 0 Å². The number of halogens is 1. The lowest BCUT2D eigenvalue weighted by atomic mass is 9.84. The summed E-state index contributed by atoms with van der Waals surface area (Å²) in [4.78, 5) is 11.8. The topological polar surface area (TPSA) is 41.1 Å². The molecule has 0 atom stereocenters. The van der Waals surface area contributed by atoms with E-state index in [0.717, 1.165) is 30.8 Å². The van der Waals surface area contributed by atoms with Crippen LogP contribution in [0.3, 0.4) is 0 Å². The molecule has 112 valence electrons. The van der Waals surface area contributed by atoms with Crippen molar-refractivity contribution in [2.45, 2.75) is 45.6 Å². The van der Waals surface area contributed by atoms with Crippen LogP contribution >= 0.6 is 11.6 Å². The van der Waals surface area contributed by atoms with Crippen LogP contribution in [0.1, 0.15) is 45.6 Å². The van der Waals surface area contributed by atoms with Crippen molar-refractivity contribution in [1.29, 1.82) is 0 Å². The Kier molecular flexibility index (Phi) is 7.03. The summed E-state index contributed by atoms with van der Waals surface area (Å²) in [7, 11) is 0. The van der Waals surface area contributed by atoms with Gasteiger partial charge in [0.15, 0.2) is 0 Å². The Bertz CT molecular complexity index is 413. The van der Waals surface area contributed by atoms with Gasteiger partial charge in [-0.1, -0.05) is 44.5 Å². The second kappa shape index (κ2) is 8.28. The summed E-state index contributed by atoms with van der Waals surface area (Å²) in [5.41, 5.74) is 1.00. The molecule has 0 aliphatic carbocycles. The van der Waals surface area contributed by atoms with Gasteiger partial charge in [-0.05, 0) is 37.0 Å². The first-order chi connectivity index (χ1) is 9.57. The standard InChI is InChI=1S/C16H25ClN2O/c1-4-11-18-15(20)12-19-16(5-2,6-3)13-7-9-14(17)10-8-13/h7-10,19H,4-6,11-12H2,1-3H3,(H,18,20). The van der Waals surface area contributed by atoms with Gasteiger partial charge in [0.2, 0.25) is 5.91 Å². The van der Waals surface area contributed by atoms with E-state index in [9.17, 15) is 4.79 Å². The minimum atomic E-state index is -0.172. The van der Waals surface area contributed by atoms with E-state index in [1.165, 1.54) is 5.56 Å². The van der Waals surface area contributed by atoms with Crippen LogP contribution < -0.4 is 10.6 Å². The van der Waals surface area contributed by atoms with E-state index in [1.54, 1.807) is 0 Å². The number of amides is 1. The summed E-state index contributed by atoms with van der Waals surface area (Å²) in [6.07, 6.45) is 2.80. The first kappa shape index (κ1) is 17.0. The van der Waals surface area contributed by atoms with Crippen molar-refractivity contribution in [2.75, 3.05) is 13.1 Å². The van der Waals surface area contributed by atoms with Gasteiger partial charge in [-0.2, -0.15) is 0 Å². The molecule has 0 aliphatic heterocycles. The maximum Gasteiger partial charge on any atom is 0.233 e. The first-order valence-electron chi connectivity index (χ1n) is 7.35. The van der Waals surface area contributed by atoms with E-state index >= 15 is 0 Å². The third-order valence-corrected chi connectivity index (χ3v) is 4.02. The van der Waals surface area contributed by atoms with Crippen molar-refractivity contribution in [3.63, 3.8) is 0 Å². The van der Waals surface area contributed by atoms with Crippen LogP contribution in [-0.4, -0.2) is 19.0 Å². The molecule has 20 heavy (non-hydrogen) atoms. The maximum absolute atomic E-state index is 11.8. The highest BCUT2D eigenvalue weighted by Gasteiger charge is 2.28. The molecule has 1 aromatic carbocycles. The Balaban J connectivity index is 2.76. The lowest BCUT2D eigenvalue weighted by Crippen LogP contribution is -2.46. The molecular weight excluding hydrogens is 272 g/mol. The molecule has 0 saturated heterocycles. The van der Waals surface area contributed by atoms with Gasteiger partial charge in [0, 0.05) is 17.1 Å². The van der Waals surface area contributed by atoms with Crippen LogP contribution in [0.25, 0.3) is 0 Å². The molecule has 1 aromatic rings. The molecule has 0 radical (unpaired) electrons. The minimum Gasteiger partial charge on any atom is -0.355 e. The number of benzene rings is 1. The number of carbonyl (C=O) groups excluding carboxylic acids is 1. The second-order valence-electron chi connectivity index (χ2n) is 5.00. The van der Waals surface area contributed by atoms with Gasteiger partial charge in [0.25, 0.3) is 0 Å². The molecule has 1 rings (SSSR count). The third-order valence-electron chi connectivity index (χ3n) is 3.76. The number of hydrogen-bond acceptors (Lipinski definition) is 2. The Morgan fingerprint density at radius 2 is 1.75 bits per heavy atom. The smallest absolute Gasteiger partial charge is 0.233 e. The zero-order chi connectivity index (χ0) is 15.0. The van der Waals surface area contributed by atoms with E-state index in [1.807, 2.05) is 31.2 Å². The molecule has 0 aliphatic rings. The van der Waals surface area contributed by atoms with E-state index in [-0.39, 0.29) is 11.4 Å². The monoisotopic (exact) mass is 296 g/mol. The van der Waals surface area contributed by atoms with Gasteiger partial charge in [-0.15, -0.1) is 0 Å². The SMILES string of the molecule is CCCNC(=O)CNC(CC)(CC)c1ccc(Cl)cc1. The number of hydrogen-bond donors (Lipinski definition) is 2. The summed E-state index contributed by atoms with van der Waals surface area (Å²) in [5.74, 6) is 0.0482. The molecule has 0 bridgehead atoms. The summed E-state index contributed by atoms with van der Waals surface area (Å²) >= 11 is 5.95. The van der Waals surface area contributed by atoms with Gasteiger partial charge < -0.3 is 5.32 Å². The molecule has 3 nitrogen and oxygen atoms in total. The first-order valence-corrected chi connectivity index (χ1v) is 7.73. The van der Waals surface area contributed by atoms with Crippen molar-refractivity contribution in [1.82, 2.24) is 10.6 Å². The van der Waals surface area contributed by atoms with E-state index in [2.05, 4.69) is 24.5 Å². The summed E-state index contributed by atoms with van der Waals surface area (Å²) in [6.45, 7) is 7.38. The fraction of sp³-hybridized carbons (Fsp3) is 0.562. The van der Waals surface area contributed by atoms with Gasteiger partial charge in [-0.25, -0.2) is 0 Å². The lowest BCUT2D eigenvalue weighted by molar-refractivity contribution is -0.120. The Morgan fingerprint density at radius 3 is 2.25 bits per heavy atom. The van der Waals surface area contributed by atoms with E-state index < -0.39 is 0 Å². The molecule has 4 heteroatoms. The van der Waals surface area contributed by atoms with Crippen LogP contribution in [0.4, 0.5) is 0 Å². The zero-order valence-electron chi connectivity index (χ0n) is 12.6. The molecule has 2 N–H and O–H groups in total. The van der Waals surface area contributed by atoms with Crippen molar-refractivity contribution in [3.05, 3.63) is 34.9 Å². The molecule has 1 amide bonds. The number of nitrogens with one attached hydrogen (secondary N) is 2. The van der Waals surface area contributed by atoms with Crippen LogP contribution in [0.15, 0.2) is 24.3 Å². The second-order valence-corrected chi connectivity index (χ2v) is 5.44. The fourth-order valence-corrected chi connectivity index (χ4v) is 2.48. The number of carbonyl (C=O) groups is 1. The predicted octanol–water partition coefficient (Wildman–Crippen LogP) is 3.47. The molecule has 0 heterocycles. The molecule has 0 fully saturated rings. The van der Waals surface area contributed by atoms with E-state index in [4.69, 9.17) is 11.6 Å². The van der Waals surface area contributed by atoms with E-state index in [0.29, 0.717) is 6.54 Å². The molecule has 0 spiro atoms. The lowest BCUT2D eigenvalue weighted by Gasteiger charge is -2.33. The third kappa shape index (κ3) is 4.50. The Labute approximate surface area is 127 Å². The molecular formula is C16H25ClN2O. The summed E-state index contributed by atoms with van der Waals surface area (Å²) in [5, 5.41) is 7.05. The summed E-state index contributed by atoms with van der Waals surface area (Å²) in [6, 6.07) is 7.87. The fourth-order valence-electron chi connectivity index (χ4n) is 2.36. The average molecular weight is 297 g/mol. The van der Waals surface area contributed by atoms with Gasteiger partial charge in [0.1, 0.15) is 0 Å². The van der Waals surface area contributed by atoms with Gasteiger partial charge in [0.05, 0.1) is 6.54 Å². The Morgan fingerprint density at radius 1 is 1.15 bits per heavy atom. The largest absolute Gasteiger partial charge is 0.355 e. The van der Waals surface area contributed by atoms with Gasteiger partial charge in [-0.3, -0.25) is 10.1 Å². The molecule has 0 aromatic heterocycles. The van der Waals surface area contributed by atoms with Crippen molar-refractivity contribution in [2.24, 2.45) is 0 Å². The highest BCUT2D eigenvalue weighted by Crippen LogP contribution is 2.29. The molecule has 0 unspecified atom stereocenters. The maximum atomic E-state index is 11.8. The predicted molar refractivity (Wildman–Crippen MR) is 85.0 cm³/mol. The van der Waals surface area contributed by atoms with Gasteiger partial charge >= 0.3 is 0 Å². The highest BCUT2D eigenvalue weighted by atomic mass is 35.5. The highest BCUT2D eigenvalue weighted by molar-refractivity contribution is 6.30. The summed E-state index contributed by atoms with van der Waals surface area (Å²) < 4.78 is 0. The zero-order valence-corrected chi connectivity index (χ0v) is 13.4. The van der Waals surface area contributed by atoms with Crippen molar-refractivity contribution >= 4 is 17.5 Å². The minimum absolute atomic E-state index is 0.0482. The van der Waals surface area contributed by atoms with Crippen LogP contribution in [0.2, 0.25) is 5.02 Å². The van der Waals surface area contributed by atoms with Crippen molar-refractivity contribution in [3.8, 4) is 0 Å².